The minimum atomic E-state index is -1.82. The molecule has 0 amide bonds. The van der Waals surface area contributed by atoms with Crippen molar-refractivity contribution in [3.63, 3.8) is 0 Å². The van der Waals surface area contributed by atoms with Crippen molar-refractivity contribution in [2.75, 3.05) is 32.8 Å². The maximum absolute atomic E-state index is 12.8. The monoisotopic (exact) mass is 627 g/mol. The van der Waals surface area contributed by atoms with Gasteiger partial charge in [-0.25, -0.2) is 0 Å². The minimum Gasteiger partial charge on any atom is -0.395 e. The number of hydrogen-bond donors (Lipinski definition) is 13. The van der Waals surface area contributed by atoms with E-state index in [-0.39, 0.29) is 39.1 Å². The zero-order valence-corrected chi connectivity index (χ0v) is 23.8. The van der Waals surface area contributed by atoms with E-state index in [1.165, 1.54) is 0 Å². The molecule has 252 valence electrons. The van der Waals surface area contributed by atoms with Crippen LogP contribution in [0.2, 0.25) is 0 Å². The van der Waals surface area contributed by atoms with Gasteiger partial charge in [0.1, 0.15) is 36.6 Å². The van der Waals surface area contributed by atoms with E-state index >= 15 is 0 Å². The number of ketones is 1. The van der Waals surface area contributed by atoms with E-state index in [0.29, 0.717) is 0 Å². The molecule has 3 fully saturated rings. The predicted molar refractivity (Wildman–Crippen MR) is 145 cm³/mol. The molecule has 17 N–H and O–H groups in total. The lowest BCUT2D eigenvalue weighted by molar-refractivity contribution is -0.320. The van der Waals surface area contributed by atoms with Crippen LogP contribution < -0.4 is 28.3 Å². The molecule has 1 aliphatic carbocycles. The van der Waals surface area contributed by atoms with Gasteiger partial charge >= 0.3 is 0 Å². The van der Waals surface area contributed by atoms with E-state index in [1.54, 1.807) is 0 Å². The van der Waals surface area contributed by atoms with Gasteiger partial charge in [-0.2, -0.15) is 0 Å². The van der Waals surface area contributed by atoms with Crippen molar-refractivity contribution in [1.29, 1.82) is 0 Å². The van der Waals surface area contributed by atoms with Crippen LogP contribution in [-0.2, 0) is 23.7 Å². The van der Waals surface area contributed by atoms with Crippen molar-refractivity contribution < 1.29 is 64.6 Å². The average Bonchev–Trinajstić information content (AvgIpc) is 2.98. The third-order valence-corrected chi connectivity index (χ3v) is 8.29. The quantitative estimate of drug-likeness (QED) is 0.0795. The average molecular weight is 628 g/mol. The van der Waals surface area contributed by atoms with Gasteiger partial charge in [-0.3, -0.25) is 4.79 Å². The van der Waals surface area contributed by atoms with Gasteiger partial charge in [0.25, 0.3) is 0 Å². The zero-order chi connectivity index (χ0) is 32.0. The molecule has 3 aliphatic rings. The Morgan fingerprint density at radius 2 is 1.53 bits per heavy atom. The summed E-state index contributed by atoms with van der Waals surface area (Å²) in [5.74, 6) is -1.70. The van der Waals surface area contributed by atoms with Gasteiger partial charge in [-0.05, 0) is 18.8 Å². The SMILES string of the molecule is NCC(O)C(O)C(=O)C[C@@H]1C[C@H](N)[C@@H](O[C@H]2O[C@H](CNCCO)[C@@H](O)C[C@H]2N)[C@H](O)[C@H]1O[C@H]1O[C@H](CO)[C@@H](O)[C@H](N)[C@H]1O. The highest BCUT2D eigenvalue weighted by Crippen LogP contribution is 2.36. The molecule has 18 nitrogen and oxygen atoms in total. The molecule has 18 heteroatoms. The van der Waals surface area contributed by atoms with Crippen molar-refractivity contribution in [1.82, 2.24) is 5.32 Å². The molecule has 3 rings (SSSR count). The molecule has 0 aromatic carbocycles. The molecule has 0 aromatic rings. The van der Waals surface area contributed by atoms with Gasteiger partial charge < -0.3 is 88.1 Å². The van der Waals surface area contributed by atoms with Gasteiger partial charge in [-0.1, -0.05) is 0 Å². The summed E-state index contributed by atoms with van der Waals surface area (Å²) in [6.07, 6.45) is -16.5. The molecule has 2 unspecified atom stereocenters. The second-order valence-electron chi connectivity index (χ2n) is 11.5. The third-order valence-electron chi connectivity index (χ3n) is 8.29. The first kappa shape index (κ1) is 36.5. The van der Waals surface area contributed by atoms with Crippen LogP contribution in [0.25, 0.3) is 0 Å². The third kappa shape index (κ3) is 8.83. The summed E-state index contributed by atoms with van der Waals surface area (Å²) in [5, 5.41) is 84.4. The van der Waals surface area contributed by atoms with Gasteiger partial charge in [-0.15, -0.1) is 0 Å². The molecule has 1 saturated carbocycles. The summed E-state index contributed by atoms with van der Waals surface area (Å²) in [5.41, 5.74) is 23.8. The summed E-state index contributed by atoms with van der Waals surface area (Å²) < 4.78 is 23.4. The fourth-order valence-electron chi connectivity index (χ4n) is 5.72. The Morgan fingerprint density at radius 3 is 2.16 bits per heavy atom. The zero-order valence-electron chi connectivity index (χ0n) is 23.8. The van der Waals surface area contributed by atoms with Crippen LogP contribution in [0.3, 0.4) is 0 Å². The van der Waals surface area contributed by atoms with Crippen LogP contribution in [0, 0.1) is 5.92 Å². The summed E-state index contributed by atoms with van der Waals surface area (Å²) in [7, 11) is 0. The number of aliphatic hydroxyl groups excluding tert-OH is 8. The highest BCUT2D eigenvalue weighted by atomic mass is 16.7. The number of aliphatic hydroxyl groups is 8. The van der Waals surface area contributed by atoms with Crippen molar-refractivity contribution in [2.45, 2.75) is 111 Å². The molecule has 43 heavy (non-hydrogen) atoms. The Morgan fingerprint density at radius 1 is 0.884 bits per heavy atom. The van der Waals surface area contributed by atoms with Crippen LogP contribution in [0.5, 0.6) is 0 Å². The predicted octanol–water partition coefficient (Wildman–Crippen LogP) is -7.74. The van der Waals surface area contributed by atoms with E-state index in [1.807, 2.05) is 0 Å². The number of carbonyl (C=O) groups excluding carboxylic acids is 1. The number of Topliss-reactive ketones (excluding diaryl/α,β-unsaturated/α-hetero) is 1. The Kier molecular flexibility index (Phi) is 14.0. The number of nitrogens with one attached hydrogen (secondary N) is 1. The van der Waals surface area contributed by atoms with E-state index in [9.17, 15) is 40.5 Å². The van der Waals surface area contributed by atoms with Gasteiger partial charge in [0.05, 0.1) is 49.7 Å². The van der Waals surface area contributed by atoms with Crippen LogP contribution in [0.15, 0.2) is 0 Å². The fourth-order valence-corrected chi connectivity index (χ4v) is 5.72. The van der Waals surface area contributed by atoms with Crippen molar-refractivity contribution in [2.24, 2.45) is 28.9 Å². The lowest BCUT2D eigenvalue weighted by Gasteiger charge is -2.48. The maximum atomic E-state index is 12.8. The molecule has 0 aromatic heterocycles. The molecule has 0 bridgehead atoms. The Bertz CT molecular complexity index is 864. The minimum absolute atomic E-state index is 0.0173. The number of carbonyl (C=O) groups is 1. The first-order valence-corrected chi connectivity index (χ1v) is 14.5. The number of rotatable bonds is 14. The van der Waals surface area contributed by atoms with Gasteiger partial charge in [0.2, 0.25) is 0 Å². The number of nitrogens with two attached hydrogens (primary N) is 4. The molecule has 2 aliphatic heterocycles. The van der Waals surface area contributed by atoms with Crippen molar-refractivity contribution in [3.8, 4) is 0 Å². The topological polar surface area (TPSA) is 332 Å². The summed E-state index contributed by atoms with van der Waals surface area (Å²) >= 11 is 0. The van der Waals surface area contributed by atoms with Gasteiger partial charge in [0.15, 0.2) is 18.4 Å². The molecular formula is C25H49N5O13. The number of hydrogen-bond acceptors (Lipinski definition) is 18. The van der Waals surface area contributed by atoms with Crippen LogP contribution in [0.4, 0.5) is 0 Å². The highest BCUT2D eigenvalue weighted by Gasteiger charge is 2.51. The molecule has 2 saturated heterocycles. The first-order chi connectivity index (χ1) is 20.3. The van der Waals surface area contributed by atoms with Crippen LogP contribution >= 0.6 is 0 Å². The Hall–Kier alpha value is -1.01. The van der Waals surface area contributed by atoms with Crippen molar-refractivity contribution in [3.05, 3.63) is 0 Å². The van der Waals surface area contributed by atoms with E-state index in [2.05, 4.69) is 5.32 Å². The first-order valence-electron chi connectivity index (χ1n) is 14.5. The molecular weight excluding hydrogens is 578 g/mol. The maximum Gasteiger partial charge on any atom is 0.186 e. The smallest absolute Gasteiger partial charge is 0.186 e. The second-order valence-corrected chi connectivity index (χ2v) is 11.5. The highest BCUT2D eigenvalue weighted by molar-refractivity contribution is 5.83. The molecule has 0 spiro atoms. The summed E-state index contributed by atoms with van der Waals surface area (Å²) in [6.45, 7) is -0.726. The summed E-state index contributed by atoms with van der Waals surface area (Å²) in [6, 6.07) is -3.03. The summed E-state index contributed by atoms with van der Waals surface area (Å²) in [4.78, 5) is 12.8. The largest absolute Gasteiger partial charge is 0.395 e. The van der Waals surface area contributed by atoms with E-state index in [0.717, 1.165) is 0 Å². The lowest BCUT2D eigenvalue weighted by atomic mass is 9.76. The molecule has 0 radical (unpaired) electrons. The standard InChI is InChI=1S/C25H49N5O13/c26-6-14(35)18(36)13(34)4-9-3-10(27)23(43-24-11(28)5-12(33)15(40-24)7-30-1-2-31)21(39)22(9)42-25-20(38)17(29)19(37)16(8-32)41-25/h9-12,14-25,30-33,35-39H,1-8,26-29H2/t9-,10-,11+,12-,14?,15+,16+,17-,18?,19+,20+,21+,22-,23+,24+,25+/m0/s1. The number of ether oxygens (including phenoxy) is 4. The van der Waals surface area contributed by atoms with Crippen LogP contribution in [-0.4, -0.2) is 171 Å². The Labute approximate surface area is 248 Å². The van der Waals surface area contributed by atoms with Crippen LogP contribution in [0.1, 0.15) is 19.3 Å². The normalized spacial score (nSPS) is 43.7. The second kappa shape index (κ2) is 16.5. The van der Waals surface area contributed by atoms with E-state index in [4.69, 9.17) is 47.0 Å². The Balaban J connectivity index is 1.82. The van der Waals surface area contributed by atoms with E-state index < -0.39 is 116 Å². The molecule has 2 heterocycles. The van der Waals surface area contributed by atoms with Crippen molar-refractivity contribution >= 4 is 5.78 Å². The van der Waals surface area contributed by atoms with Gasteiger partial charge in [0, 0.05) is 32.1 Å². The lowest BCUT2D eigenvalue weighted by Crippen LogP contribution is -2.66. The fraction of sp³-hybridized carbons (Fsp3) is 0.960. The molecule has 16 atom stereocenters.